The Balaban J connectivity index is 0.00000300. The van der Waals surface area contributed by atoms with Crippen molar-refractivity contribution >= 4 is 35.9 Å². The molecule has 0 radical (unpaired) electrons. The lowest BCUT2D eigenvalue weighted by atomic mass is 9.97. The number of hydrogen-bond acceptors (Lipinski definition) is 6. The standard InChI is InChI=1S/C20H32N4O4.HI/c1-15-4-5-18(28-15)17(23-10-12-27-13-11-23)14-22-20(21-2)24-8-6-16(7-9-24)19(25)26-3;/h4-5,16-17H,6-14H2,1-3H3,(H,21,22);1H. The number of guanidine groups is 1. The minimum Gasteiger partial charge on any atom is -0.469 e. The van der Waals surface area contributed by atoms with Gasteiger partial charge in [0.1, 0.15) is 11.5 Å². The number of nitrogens with zero attached hydrogens (tertiary/aromatic N) is 3. The van der Waals surface area contributed by atoms with Crippen molar-refractivity contribution in [3.8, 4) is 0 Å². The molecule has 0 aliphatic carbocycles. The van der Waals surface area contributed by atoms with Crippen LogP contribution < -0.4 is 5.32 Å². The second-order valence-corrected chi connectivity index (χ2v) is 7.33. The maximum absolute atomic E-state index is 11.7. The second kappa shape index (κ2) is 11.8. The van der Waals surface area contributed by atoms with E-state index in [1.807, 2.05) is 13.0 Å². The van der Waals surface area contributed by atoms with Crippen LogP contribution in [-0.4, -0.2) is 81.8 Å². The van der Waals surface area contributed by atoms with Gasteiger partial charge in [-0.25, -0.2) is 0 Å². The minimum atomic E-state index is -0.108. The molecule has 3 heterocycles. The van der Waals surface area contributed by atoms with Crippen molar-refractivity contribution in [2.24, 2.45) is 10.9 Å². The number of methoxy groups -OCH3 is 1. The third-order valence-electron chi connectivity index (χ3n) is 5.57. The van der Waals surface area contributed by atoms with Crippen molar-refractivity contribution in [2.75, 3.05) is 60.1 Å². The van der Waals surface area contributed by atoms with E-state index in [0.29, 0.717) is 6.54 Å². The van der Waals surface area contributed by atoms with Crippen LogP contribution in [0.5, 0.6) is 0 Å². The highest BCUT2D eigenvalue weighted by Gasteiger charge is 2.29. The summed E-state index contributed by atoms with van der Waals surface area (Å²) in [5, 5.41) is 3.52. The fraction of sp³-hybridized carbons (Fsp3) is 0.700. The molecule has 0 saturated carbocycles. The summed E-state index contributed by atoms with van der Waals surface area (Å²) in [6.07, 6.45) is 1.58. The average Bonchev–Trinajstić information content (AvgIpc) is 3.17. The van der Waals surface area contributed by atoms with Crippen LogP contribution in [0.1, 0.15) is 30.4 Å². The number of carbonyl (C=O) groups is 1. The molecule has 0 bridgehead atoms. The van der Waals surface area contributed by atoms with Gasteiger partial charge >= 0.3 is 5.97 Å². The molecule has 0 amide bonds. The smallest absolute Gasteiger partial charge is 0.308 e. The van der Waals surface area contributed by atoms with Crippen LogP contribution in [0.25, 0.3) is 0 Å². The van der Waals surface area contributed by atoms with E-state index in [2.05, 4.69) is 26.2 Å². The lowest BCUT2D eigenvalue weighted by molar-refractivity contribution is -0.146. The predicted molar refractivity (Wildman–Crippen MR) is 122 cm³/mol. The first-order valence-corrected chi connectivity index (χ1v) is 10.0. The third kappa shape index (κ3) is 6.32. The molecule has 2 saturated heterocycles. The molecule has 9 heteroatoms. The summed E-state index contributed by atoms with van der Waals surface area (Å²) >= 11 is 0. The number of ether oxygens (including phenoxy) is 2. The highest BCUT2D eigenvalue weighted by Crippen LogP contribution is 2.24. The first-order valence-electron chi connectivity index (χ1n) is 10.0. The number of aryl methyl sites for hydroxylation is 1. The normalized spacial score (nSPS) is 20.1. The Bertz CT molecular complexity index is 667. The zero-order valence-electron chi connectivity index (χ0n) is 17.6. The number of morpholine rings is 1. The van der Waals surface area contributed by atoms with E-state index in [1.54, 1.807) is 7.05 Å². The summed E-state index contributed by atoms with van der Waals surface area (Å²) in [4.78, 5) is 20.8. The van der Waals surface area contributed by atoms with E-state index in [-0.39, 0.29) is 41.9 Å². The molecule has 2 aliphatic rings. The largest absolute Gasteiger partial charge is 0.469 e. The molecule has 29 heavy (non-hydrogen) atoms. The van der Waals surface area contributed by atoms with Gasteiger partial charge in [0, 0.05) is 39.8 Å². The van der Waals surface area contributed by atoms with Crippen molar-refractivity contribution in [3.63, 3.8) is 0 Å². The van der Waals surface area contributed by atoms with Gasteiger partial charge in [-0.3, -0.25) is 14.7 Å². The number of aliphatic imine (C=N–C) groups is 1. The first kappa shape index (κ1) is 23.9. The Morgan fingerprint density at radius 1 is 1.28 bits per heavy atom. The molecule has 1 aromatic heterocycles. The SMILES string of the molecule is CN=C(NCC(c1ccc(C)o1)N1CCOCC1)N1CCC(C(=O)OC)CC1.I. The van der Waals surface area contributed by atoms with Crippen molar-refractivity contribution in [3.05, 3.63) is 23.7 Å². The molecule has 1 N–H and O–H groups in total. The zero-order chi connectivity index (χ0) is 19.9. The van der Waals surface area contributed by atoms with Gasteiger partial charge in [-0.15, -0.1) is 24.0 Å². The zero-order valence-corrected chi connectivity index (χ0v) is 19.9. The van der Waals surface area contributed by atoms with Crippen molar-refractivity contribution in [2.45, 2.75) is 25.8 Å². The van der Waals surface area contributed by atoms with Gasteiger partial charge in [-0.2, -0.15) is 0 Å². The number of nitrogens with one attached hydrogen (secondary N) is 1. The number of halogens is 1. The summed E-state index contributed by atoms with van der Waals surface area (Å²) in [7, 11) is 3.26. The summed E-state index contributed by atoms with van der Waals surface area (Å²) < 4.78 is 16.3. The molecule has 2 aliphatic heterocycles. The monoisotopic (exact) mass is 520 g/mol. The third-order valence-corrected chi connectivity index (χ3v) is 5.57. The van der Waals surface area contributed by atoms with Gasteiger partial charge in [0.05, 0.1) is 32.3 Å². The number of esters is 1. The van der Waals surface area contributed by atoms with Crippen LogP contribution in [0.15, 0.2) is 21.5 Å². The number of piperidine rings is 1. The summed E-state index contributed by atoms with van der Waals surface area (Å²) in [6, 6.07) is 4.19. The number of rotatable bonds is 5. The Morgan fingerprint density at radius 2 is 1.97 bits per heavy atom. The molecule has 1 unspecified atom stereocenters. The Kier molecular flexibility index (Phi) is 9.70. The Labute approximate surface area is 190 Å². The molecular formula is C20H33IN4O4. The highest BCUT2D eigenvalue weighted by atomic mass is 127. The molecule has 0 aromatic carbocycles. The van der Waals surface area contributed by atoms with E-state index in [1.165, 1.54) is 7.11 Å². The lowest BCUT2D eigenvalue weighted by Gasteiger charge is -2.36. The van der Waals surface area contributed by atoms with E-state index in [0.717, 1.165) is 69.7 Å². The maximum Gasteiger partial charge on any atom is 0.308 e. The molecule has 2 fully saturated rings. The van der Waals surface area contributed by atoms with Gasteiger partial charge in [-0.05, 0) is 31.9 Å². The van der Waals surface area contributed by atoms with Crippen LogP contribution in [-0.2, 0) is 14.3 Å². The van der Waals surface area contributed by atoms with Crippen LogP contribution in [0.2, 0.25) is 0 Å². The van der Waals surface area contributed by atoms with E-state index in [9.17, 15) is 4.79 Å². The highest BCUT2D eigenvalue weighted by molar-refractivity contribution is 14.0. The number of likely N-dealkylation sites (tertiary alicyclic amines) is 1. The molecule has 0 spiro atoms. The lowest BCUT2D eigenvalue weighted by Crippen LogP contribution is -2.49. The van der Waals surface area contributed by atoms with Gasteiger partial charge < -0.3 is 24.1 Å². The summed E-state index contributed by atoms with van der Waals surface area (Å²) in [6.45, 7) is 7.51. The van der Waals surface area contributed by atoms with Crippen LogP contribution in [0.4, 0.5) is 0 Å². The Hall–Kier alpha value is -1.33. The minimum absolute atomic E-state index is 0. The fourth-order valence-electron chi connectivity index (χ4n) is 3.95. The molecule has 1 atom stereocenters. The molecular weight excluding hydrogens is 487 g/mol. The van der Waals surface area contributed by atoms with E-state index in [4.69, 9.17) is 13.9 Å². The quantitative estimate of drug-likeness (QED) is 0.276. The summed E-state index contributed by atoms with van der Waals surface area (Å²) in [5.41, 5.74) is 0. The summed E-state index contributed by atoms with van der Waals surface area (Å²) in [5.74, 6) is 2.63. The molecule has 164 valence electrons. The van der Waals surface area contributed by atoms with Crippen molar-refractivity contribution in [1.82, 2.24) is 15.1 Å². The van der Waals surface area contributed by atoms with Gasteiger partial charge in [-0.1, -0.05) is 0 Å². The van der Waals surface area contributed by atoms with Crippen molar-refractivity contribution < 1.29 is 18.7 Å². The molecule has 1 aromatic rings. The number of carbonyl (C=O) groups excluding carboxylic acids is 1. The topological polar surface area (TPSA) is 79.5 Å². The Morgan fingerprint density at radius 3 is 2.52 bits per heavy atom. The van der Waals surface area contributed by atoms with Crippen molar-refractivity contribution in [1.29, 1.82) is 0 Å². The first-order chi connectivity index (χ1) is 13.6. The molecule has 3 rings (SSSR count). The average molecular weight is 520 g/mol. The maximum atomic E-state index is 11.7. The molecule has 8 nitrogen and oxygen atoms in total. The number of furan rings is 1. The van der Waals surface area contributed by atoms with Gasteiger partial charge in [0.15, 0.2) is 5.96 Å². The predicted octanol–water partition coefficient (Wildman–Crippen LogP) is 2.04. The number of hydrogen-bond donors (Lipinski definition) is 1. The van der Waals surface area contributed by atoms with Gasteiger partial charge in [0.2, 0.25) is 0 Å². The van der Waals surface area contributed by atoms with Crippen LogP contribution in [0, 0.1) is 12.8 Å². The second-order valence-electron chi connectivity index (χ2n) is 7.33. The van der Waals surface area contributed by atoms with Crippen LogP contribution >= 0.6 is 24.0 Å². The van der Waals surface area contributed by atoms with E-state index >= 15 is 0 Å². The fourth-order valence-corrected chi connectivity index (χ4v) is 3.95. The van der Waals surface area contributed by atoms with Gasteiger partial charge in [0.25, 0.3) is 0 Å². The van der Waals surface area contributed by atoms with Crippen LogP contribution in [0.3, 0.4) is 0 Å². The van der Waals surface area contributed by atoms with E-state index < -0.39 is 0 Å².